The van der Waals surface area contributed by atoms with Gasteiger partial charge in [-0.1, -0.05) is 18.6 Å². The van der Waals surface area contributed by atoms with Crippen molar-refractivity contribution >= 4 is 21.7 Å². The standard InChI is InChI=1S/C23H26F2N2O5S/c24-20-6-4-5-17(22(20)25)16-32-23(28)19-15-18(33(29,30)27-9-2-1-3-10-27)7-8-21(19)26-11-13-31-14-12-26/h4-8,15H,1-3,9-14,16H2. The van der Waals surface area contributed by atoms with Crippen LogP contribution in [0.15, 0.2) is 41.3 Å². The Labute approximate surface area is 191 Å². The summed E-state index contributed by atoms with van der Waals surface area (Å²) in [4.78, 5) is 15.0. The molecule has 0 N–H and O–H groups in total. The predicted octanol–water partition coefficient (Wildman–Crippen LogP) is 3.33. The number of piperidine rings is 1. The molecule has 2 fully saturated rings. The van der Waals surface area contributed by atoms with Gasteiger partial charge in [-0.25, -0.2) is 22.0 Å². The Balaban J connectivity index is 1.64. The van der Waals surface area contributed by atoms with Gasteiger partial charge in [-0.2, -0.15) is 4.31 Å². The molecule has 0 unspecified atom stereocenters. The van der Waals surface area contributed by atoms with Gasteiger partial charge >= 0.3 is 5.97 Å². The lowest BCUT2D eigenvalue weighted by molar-refractivity contribution is 0.0467. The largest absolute Gasteiger partial charge is 0.457 e. The first-order chi connectivity index (χ1) is 15.9. The average Bonchev–Trinajstić information content (AvgIpc) is 2.85. The van der Waals surface area contributed by atoms with E-state index in [1.54, 1.807) is 6.07 Å². The highest BCUT2D eigenvalue weighted by Crippen LogP contribution is 2.29. The summed E-state index contributed by atoms with van der Waals surface area (Å²) >= 11 is 0. The van der Waals surface area contributed by atoms with Gasteiger partial charge in [-0.05, 0) is 37.1 Å². The number of sulfonamides is 1. The fourth-order valence-corrected chi connectivity index (χ4v) is 5.60. The number of nitrogens with zero attached hydrogens (tertiary/aromatic N) is 2. The average molecular weight is 481 g/mol. The second kappa shape index (κ2) is 10.1. The number of halogens is 2. The molecule has 7 nitrogen and oxygen atoms in total. The molecule has 2 aliphatic heterocycles. The van der Waals surface area contributed by atoms with Gasteiger partial charge in [0.15, 0.2) is 11.6 Å². The molecule has 2 heterocycles. The molecule has 0 aliphatic carbocycles. The van der Waals surface area contributed by atoms with E-state index in [0.717, 1.165) is 25.3 Å². The van der Waals surface area contributed by atoms with Crippen molar-refractivity contribution in [3.8, 4) is 0 Å². The number of hydrogen-bond acceptors (Lipinski definition) is 6. The van der Waals surface area contributed by atoms with Crippen molar-refractivity contribution in [1.82, 2.24) is 4.31 Å². The number of morpholine rings is 1. The molecule has 0 atom stereocenters. The van der Waals surface area contributed by atoms with Crippen molar-refractivity contribution in [2.24, 2.45) is 0 Å². The van der Waals surface area contributed by atoms with E-state index in [0.29, 0.717) is 45.1 Å². The highest BCUT2D eigenvalue weighted by molar-refractivity contribution is 7.89. The van der Waals surface area contributed by atoms with Crippen LogP contribution in [-0.2, 0) is 26.1 Å². The normalized spacial score (nSPS) is 17.7. The summed E-state index contributed by atoms with van der Waals surface area (Å²) in [5, 5.41) is 0. The second-order valence-corrected chi connectivity index (χ2v) is 9.97. The van der Waals surface area contributed by atoms with Crippen molar-refractivity contribution in [1.29, 1.82) is 0 Å². The first-order valence-corrected chi connectivity index (χ1v) is 12.4. The van der Waals surface area contributed by atoms with Crippen molar-refractivity contribution in [3.63, 3.8) is 0 Å². The molecule has 0 spiro atoms. The summed E-state index contributed by atoms with van der Waals surface area (Å²) in [6, 6.07) is 8.04. The third kappa shape index (κ3) is 5.18. The van der Waals surface area contributed by atoms with Gasteiger partial charge < -0.3 is 14.4 Å². The smallest absolute Gasteiger partial charge is 0.340 e. The zero-order valence-electron chi connectivity index (χ0n) is 18.1. The van der Waals surface area contributed by atoms with Crippen LogP contribution >= 0.6 is 0 Å². The summed E-state index contributed by atoms with van der Waals surface area (Å²) in [7, 11) is -3.77. The molecule has 0 saturated carbocycles. The molecule has 2 aromatic carbocycles. The van der Waals surface area contributed by atoms with Gasteiger partial charge in [0.2, 0.25) is 10.0 Å². The van der Waals surface area contributed by atoms with Crippen LogP contribution in [0.25, 0.3) is 0 Å². The number of ether oxygens (including phenoxy) is 2. The zero-order chi connectivity index (χ0) is 23.4. The molecule has 0 amide bonds. The number of benzene rings is 2. The van der Waals surface area contributed by atoms with Crippen molar-refractivity contribution < 1.29 is 31.5 Å². The van der Waals surface area contributed by atoms with Crippen LogP contribution in [0.5, 0.6) is 0 Å². The number of anilines is 1. The van der Waals surface area contributed by atoms with Gasteiger partial charge in [0.1, 0.15) is 6.61 Å². The Bertz CT molecular complexity index is 1110. The number of carbonyl (C=O) groups is 1. The van der Waals surface area contributed by atoms with Crippen LogP contribution in [0, 0.1) is 11.6 Å². The van der Waals surface area contributed by atoms with Crippen molar-refractivity contribution in [3.05, 3.63) is 59.2 Å². The van der Waals surface area contributed by atoms with E-state index in [1.807, 2.05) is 4.90 Å². The molecule has 2 saturated heterocycles. The highest BCUT2D eigenvalue weighted by atomic mass is 32.2. The Morgan fingerprint density at radius 2 is 1.73 bits per heavy atom. The van der Waals surface area contributed by atoms with E-state index in [2.05, 4.69) is 0 Å². The topological polar surface area (TPSA) is 76.2 Å². The molecular weight excluding hydrogens is 454 g/mol. The SMILES string of the molecule is O=C(OCc1cccc(F)c1F)c1cc(S(=O)(=O)N2CCCCC2)ccc1N1CCOCC1. The lowest BCUT2D eigenvalue weighted by atomic mass is 10.1. The summed E-state index contributed by atoms with van der Waals surface area (Å²) in [6.45, 7) is 2.38. The summed E-state index contributed by atoms with van der Waals surface area (Å²) in [5.41, 5.74) is 0.473. The minimum absolute atomic E-state index is 0.00490. The van der Waals surface area contributed by atoms with Crippen LogP contribution in [0.3, 0.4) is 0 Å². The number of carbonyl (C=O) groups excluding carboxylic acids is 1. The zero-order valence-corrected chi connectivity index (χ0v) is 19.0. The predicted molar refractivity (Wildman–Crippen MR) is 118 cm³/mol. The highest BCUT2D eigenvalue weighted by Gasteiger charge is 2.29. The minimum atomic E-state index is -3.77. The quantitative estimate of drug-likeness (QED) is 0.591. The summed E-state index contributed by atoms with van der Waals surface area (Å²) in [5.74, 6) is -2.93. The Hall–Kier alpha value is -2.56. The van der Waals surface area contributed by atoms with Gasteiger partial charge in [0.25, 0.3) is 0 Å². The fraction of sp³-hybridized carbons (Fsp3) is 0.435. The van der Waals surface area contributed by atoms with Crippen molar-refractivity contribution in [2.45, 2.75) is 30.8 Å². The third-order valence-electron chi connectivity index (χ3n) is 5.88. The van der Waals surface area contributed by atoms with E-state index < -0.39 is 34.2 Å². The first kappa shape index (κ1) is 23.6. The molecule has 0 radical (unpaired) electrons. The molecule has 4 rings (SSSR count). The van der Waals surface area contributed by atoms with Gasteiger partial charge in [0.05, 0.1) is 29.4 Å². The molecular formula is C23H26F2N2O5S. The number of hydrogen-bond donors (Lipinski definition) is 0. The Kier molecular flexibility index (Phi) is 7.26. The molecule has 2 aromatic rings. The van der Waals surface area contributed by atoms with Crippen LogP contribution in [0.1, 0.15) is 35.2 Å². The van der Waals surface area contributed by atoms with Crippen LogP contribution < -0.4 is 4.90 Å². The maximum Gasteiger partial charge on any atom is 0.340 e. The van der Waals surface area contributed by atoms with Crippen LogP contribution in [-0.4, -0.2) is 58.1 Å². The first-order valence-electron chi connectivity index (χ1n) is 10.9. The second-order valence-electron chi connectivity index (χ2n) is 8.03. The maximum absolute atomic E-state index is 14.0. The van der Waals surface area contributed by atoms with E-state index in [4.69, 9.17) is 9.47 Å². The van der Waals surface area contributed by atoms with Crippen LogP contribution in [0.2, 0.25) is 0 Å². The molecule has 10 heteroatoms. The molecule has 33 heavy (non-hydrogen) atoms. The van der Waals surface area contributed by atoms with Gasteiger partial charge in [-0.15, -0.1) is 0 Å². The van der Waals surface area contributed by atoms with E-state index >= 15 is 0 Å². The molecule has 0 aromatic heterocycles. The number of esters is 1. The Morgan fingerprint density at radius 1 is 1.00 bits per heavy atom. The van der Waals surface area contributed by atoms with E-state index in [-0.39, 0.29) is 16.0 Å². The monoisotopic (exact) mass is 480 g/mol. The molecule has 2 aliphatic rings. The summed E-state index contributed by atoms with van der Waals surface area (Å²) < 4.78 is 65.9. The summed E-state index contributed by atoms with van der Waals surface area (Å²) in [6.07, 6.45) is 2.56. The number of rotatable bonds is 6. The van der Waals surface area contributed by atoms with E-state index in [1.165, 1.54) is 28.6 Å². The maximum atomic E-state index is 14.0. The van der Waals surface area contributed by atoms with E-state index in [9.17, 15) is 22.0 Å². The van der Waals surface area contributed by atoms with Gasteiger partial charge in [-0.3, -0.25) is 0 Å². The van der Waals surface area contributed by atoms with Gasteiger partial charge in [0, 0.05) is 31.7 Å². The lowest BCUT2D eigenvalue weighted by Gasteiger charge is -2.31. The lowest BCUT2D eigenvalue weighted by Crippen LogP contribution is -2.38. The molecule has 178 valence electrons. The Morgan fingerprint density at radius 3 is 2.45 bits per heavy atom. The fourth-order valence-electron chi connectivity index (χ4n) is 4.05. The van der Waals surface area contributed by atoms with Crippen LogP contribution in [0.4, 0.5) is 14.5 Å². The third-order valence-corrected chi connectivity index (χ3v) is 7.78. The molecule has 0 bridgehead atoms. The minimum Gasteiger partial charge on any atom is -0.457 e. The van der Waals surface area contributed by atoms with Crippen molar-refractivity contribution in [2.75, 3.05) is 44.3 Å².